The molecule has 0 spiro atoms. The Balaban J connectivity index is 5.16. The van der Waals surface area contributed by atoms with Crippen LogP contribution in [-0.4, -0.2) is 95.8 Å². The Morgan fingerprint density at radius 3 is 1.27 bits per heavy atom. The molecule has 0 aliphatic rings. The first-order valence-corrected chi connectivity index (χ1v) is 17.3. The van der Waals surface area contributed by atoms with Crippen LogP contribution in [0.1, 0.15) is 155 Å². The van der Waals surface area contributed by atoms with Gasteiger partial charge in [-0.25, -0.2) is 0 Å². The molecule has 0 bridgehead atoms. The molecule has 0 radical (unpaired) electrons. The Morgan fingerprint density at radius 2 is 0.932 bits per heavy atom. The first-order valence-electron chi connectivity index (χ1n) is 17.3. The van der Waals surface area contributed by atoms with Crippen LogP contribution in [0.2, 0.25) is 0 Å². The number of aliphatic hydroxyl groups is 7. The maximum absolute atomic E-state index is 13.3. The molecule has 260 valence electrons. The summed E-state index contributed by atoms with van der Waals surface area (Å²) in [5.41, 5.74) is -7.10. The Morgan fingerprint density at radius 1 is 0.591 bits per heavy atom. The lowest BCUT2D eigenvalue weighted by Gasteiger charge is -2.42. The van der Waals surface area contributed by atoms with Crippen LogP contribution in [0.4, 0.5) is 0 Å². The van der Waals surface area contributed by atoms with Crippen molar-refractivity contribution in [2.45, 2.75) is 191 Å². The summed E-state index contributed by atoms with van der Waals surface area (Å²) in [5.74, 6) is -2.85. The first-order chi connectivity index (χ1) is 21.0. The minimum atomic E-state index is -3.56. The topological polar surface area (TPSA) is 193 Å². The molecule has 0 heterocycles. The molecule has 0 amide bonds. The van der Waals surface area contributed by atoms with Crippen LogP contribution in [0.3, 0.4) is 0 Å². The Hall–Kier alpha value is -1.27. The number of rotatable bonds is 31. The molecule has 0 rings (SSSR count). The molecule has 0 aromatic carbocycles. The van der Waals surface area contributed by atoms with E-state index in [0.29, 0.717) is 12.8 Å². The number of carbonyl (C=O) groups excluding carboxylic acids is 3. The number of aliphatic hydroxyl groups excluding tert-OH is 5. The second-order valence-electron chi connectivity index (χ2n) is 12.6. The molecule has 0 saturated heterocycles. The largest absolute Gasteiger partial charge is 0.394 e. The van der Waals surface area contributed by atoms with Gasteiger partial charge in [-0.15, -0.1) is 0 Å². The zero-order chi connectivity index (χ0) is 33.4. The number of carbonyl (C=O) groups is 3. The van der Waals surface area contributed by atoms with Gasteiger partial charge in [0.1, 0.15) is 12.2 Å². The van der Waals surface area contributed by atoms with Crippen molar-refractivity contribution in [3.63, 3.8) is 0 Å². The summed E-state index contributed by atoms with van der Waals surface area (Å²) in [5, 5.41) is 73.3. The highest BCUT2D eigenvalue weighted by atomic mass is 16.4. The summed E-state index contributed by atoms with van der Waals surface area (Å²) < 4.78 is 0. The lowest BCUT2D eigenvalue weighted by molar-refractivity contribution is -0.216. The fraction of sp³-hybridized carbons (Fsp3) is 0.912. The van der Waals surface area contributed by atoms with Gasteiger partial charge < -0.3 is 35.7 Å². The lowest BCUT2D eigenvalue weighted by Crippen LogP contribution is -2.73. The van der Waals surface area contributed by atoms with Gasteiger partial charge >= 0.3 is 0 Å². The highest BCUT2D eigenvalue weighted by molar-refractivity contribution is 6.10. The summed E-state index contributed by atoms with van der Waals surface area (Å²) >= 11 is 0. The summed E-state index contributed by atoms with van der Waals surface area (Å²) in [6.07, 6.45) is 9.66. The van der Waals surface area contributed by atoms with Crippen LogP contribution in [0.25, 0.3) is 0 Å². The van der Waals surface area contributed by atoms with Crippen LogP contribution < -0.4 is 0 Å². The van der Waals surface area contributed by atoms with Crippen molar-refractivity contribution >= 4 is 17.9 Å². The lowest BCUT2D eigenvalue weighted by atomic mass is 9.70. The fourth-order valence-corrected chi connectivity index (χ4v) is 5.67. The summed E-state index contributed by atoms with van der Waals surface area (Å²) in [7, 11) is 0. The van der Waals surface area contributed by atoms with Gasteiger partial charge in [0, 0.05) is 12.8 Å². The van der Waals surface area contributed by atoms with Gasteiger partial charge in [-0.1, -0.05) is 129 Å². The van der Waals surface area contributed by atoms with Crippen LogP contribution in [0.5, 0.6) is 0 Å². The van der Waals surface area contributed by atoms with E-state index < -0.39 is 72.9 Å². The maximum Gasteiger partial charge on any atom is 0.217 e. The minimum Gasteiger partial charge on any atom is -0.394 e. The molecule has 10 heteroatoms. The van der Waals surface area contributed by atoms with Crippen molar-refractivity contribution in [2.24, 2.45) is 0 Å². The third-order valence-corrected chi connectivity index (χ3v) is 8.71. The number of unbranched alkanes of at least 4 members (excludes halogenated alkanes) is 16. The highest BCUT2D eigenvalue weighted by Crippen LogP contribution is 2.33. The zero-order valence-corrected chi connectivity index (χ0v) is 27.5. The predicted octanol–water partition coefficient (Wildman–Crippen LogP) is 3.84. The van der Waals surface area contributed by atoms with E-state index >= 15 is 0 Å². The molecule has 0 fully saturated rings. The van der Waals surface area contributed by atoms with Crippen molar-refractivity contribution in [3.05, 3.63) is 0 Å². The van der Waals surface area contributed by atoms with Crippen LogP contribution in [0, 0.1) is 0 Å². The zero-order valence-electron chi connectivity index (χ0n) is 27.5. The number of aldehydes is 1. The van der Waals surface area contributed by atoms with Gasteiger partial charge in [0.15, 0.2) is 23.5 Å². The van der Waals surface area contributed by atoms with Crippen molar-refractivity contribution in [2.75, 3.05) is 6.61 Å². The Labute approximate surface area is 265 Å². The quantitative estimate of drug-likeness (QED) is 0.0335. The van der Waals surface area contributed by atoms with Gasteiger partial charge in [0.05, 0.1) is 18.8 Å². The van der Waals surface area contributed by atoms with Crippen LogP contribution >= 0.6 is 0 Å². The maximum atomic E-state index is 13.3. The van der Waals surface area contributed by atoms with Crippen molar-refractivity contribution in [3.8, 4) is 0 Å². The molecule has 0 aliphatic heterocycles. The molecule has 0 aromatic heterocycles. The smallest absolute Gasteiger partial charge is 0.217 e. The molecule has 6 atom stereocenters. The molecule has 0 aromatic rings. The van der Waals surface area contributed by atoms with E-state index in [1.165, 1.54) is 51.4 Å². The molecule has 0 saturated carbocycles. The fourth-order valence-electron chi connectivity index (χ4n) is 5.67. The van der Waals surface area contributed by atoms with E-state index in [0.717, 1.165) is 51.4 Å². The van der Waals surface area contributed by atoms with Gasteiger partial charge in [-0.3, -0.25) is 14.4 Å². The van der Waals surface area contributed by atoms with E-state index in [9.17, 15) is 50.1 Å². The predicted molar refractivity (Wildman–Crippen MR) is 170 cm³/mol. The van der Waals surface area contributed by atoms with Gasteiger partial charge in [0.2, 0.25) is 5.60 Å². The van der Waals surface area contributed by atoms with E-state index in [1.54, 1.807) is 0 Å². The standard InChI is InChI=1S/C34H64O10/c1-3-5-7-9-11-13-15-17-19-21-27(37)23-30(40)33(43,26-36)34(44,32(42)29(39)25-35)31(41)24-28(38)22-20-18-16-14-12-10-8-6-4-2/h26-29,32,35,37-39,42-44H,3-25H2,1-2H3/t27-,28-,29-,32-,33-,34+/m1/s1. The van der Waals surface area contributed by atoms with Crippen LogP contribution in [0.15, 0.2) is 0 Å². The second kappa shape index (κ2) is 24.9. The average Bonchev–Trinajstić information content (AvgIpc) is 3.01. The monoisotopic (exact) mass is 632 g/mol. The highest BCUT2D eigenvalue weighted by Gasteiger charge is 2.64. The van der Waals surface area contributed by atoms with Crippen molar-refractivity contribution in [1.29, 1.82) is 0 Å². The molecule has 44 heavy (non-hydrogen) atoms. The van der Waals surface area contributed by atoms with E-state index in [4.69, 9.17) is 0 Å². The van der Waals surface area contributed by atoms with Crippen LogP contribution in [-0.2, 0) is 14.4 Å². The number of hydrogen-bond acceptors (Lipinski definition) is 10. The van der Waals surface area contributed by atoms with Gasteiger partial charge in [-0.2, -0.15) is 0 Å². The number of Topliss-reactive ketones (excluding diaryl/α,β-unsaturated/α-hetero) is 2. The molecular weight excluding hydrogens is 568 g/mol. The van der Waals surface area contributed by atoms with E-state index in [1.807, 2.05) is 0 Å². The molecular formula is C34H64O10. The van der Waals surface area contributed by atoms with Crippen molar-refractivity contribution in [1.82, 2.24) is 0 Å². The third kappa shape index (κ3) is 15.3. The molecule has 0 unspecified atom stereocenters. The molecule has 7 N–H and O–H groups in total. The molecule has 0 aliphatic carbocycles. The Bertz CT molecular complexity index is 762. The van der Waals surface area contributed by atoms with E-state index in [-0.39, 0.29) is 12.8 Å². The van der Waals surface area contributed by atoms with E-state index in [2.05, 4.69) is 13.8 Å². The average molecular weight is 633 g/mol. The normalized spacial score (nSPS) is 17.3. The summed E-state index contributed by atoms with van der Waals surface area (Å²) in [6, 6.07) is 0. The van der Waals surface area contributed by atoms with Gasteiger partial charge in [0.25, 0.3) is 0 Å². The second-order valence-corrected chi connectivity index (χ2v) is 12.6. The van der Waals surface area contributed by atoms with Gasteiger partial charge in [-0.05, 0) is 12.8 Å². The van der Waals surface area contributed by atoms with Crippen molar-refractivity contribution < 1.29 is 50.1 Å². The SMILES string of the molecule is CCCCCCCCCCC[C@@H](O)CC(=O)[C@](O)(C=O)[C@](O)(C(=O)C[C@H](O)CCCCCCCCCCC)[C@H](O)[C@H](O)CO. The third-order valence-electron chi connectivity index (χ3n) is 8.71. The number of ketones is 2. The minimum absolute atomic E-state index is 0.168. The first kappa shape index (κ1) is 42.7. The Kier molecular flexibility index (Phi) is 24.2. The summed E-state index contributed by atoms with van der Waals surface area (Å²) in [4.78, 5) is 38.5. The number of hydrogen-bond donors (Lipinski definition) is 7. The summed E-state index contributed by atoms with van der Waals surface area (Å²) in [6.45, 7) is 3.17. The molecule has 10 nitrogen and oxygen atoms in total.